The third-order valence-corrected chi connectivity index (χ3v) is 6.33. The molecule has 35 heavy (non-hydrogen) atoms. The summed E-state index contributed by atoms with van der Waals surface area (Å²) in [6.45, 7) is 2.38. The van der Waals surface area contributed by atoms with Crippen LogP contribution < -0.4 is 5.32 Å². The van der Waals surface area contributed by atoms with Crippen LogP contribution in [0.25, 0.3) is 17.0 Å². The largest absolute Gasteiger partial charge is 0.389 e. The Morgan fingerprint density at radius 2 is 2.03 bits per heavy atom. The number of aliphatic hydroxyl groups excluding tert-OH is 1. The number of ether oxygens (including phenoxy) is 1. The van der Waals surface area contributed by atoms with Crippen molar-refractivity contribution >= 4 is 11.5 Å². The lowest BCUT2D eigenvalue weighted by Crippen LogP contribution is -2.49. The van der Waals surface area contributed by atoms with E-state index in [1.165, 1.54) is 6.07 Å². The van der Waals surface area contributed by atoms with Crippen LogP contribution in [-0.4, -0.2) is 46.5 Å². The fourth-order valence-electron chi connectivity index (χ4n) is 4.50. The van der Waals surface area contributed by atoms with Crippen molar-refractivity contribution < 1.29 is 23.6 Å². The highest BCUT2D eigenvalue weighted by atomic mass is 19.1. The molecule has 3 aromatic rings. The first kappa shape index (κ1) is 23.1. The van der Waals surface area contributed by atoms with E-state index in [0.29, 0.717) is 43.1 Å². The molecule has 1 amide bonds. The van der Waals surface area contributed by atoms with Gasteiger partial charge in [0.25, 0.3) is 5.91 Å². The number of hydrogen-bond acceptors (Lipinski definition) is 6. The monoisotopic (exact) mass is 475 g/mol. The van der Waals surface area contributed by atoms with Gasteiger partial charge >= 0.3 is 0 Å². The Balaban J connectivity index is 1.39. The van der Waals surface area contributed by atoms with Crippen LogP contribution in [0.1, 0.15) is 29.0 Å². The number of carbonyl (C=O) groups excluding carboxylic acids is 1. The van der Waals surface area contributed by atoms with Crippen LogP contribution in [-0.2, 0) is 22.4 Å². The number of hydrogen-bond donors (Lipinski definition) is 2. The number of aromatic nitrogens is 2. The maximum atomic E-state index is 14.9. The number of fused-ring (bicyclic) bond motifs is 1. The second kappa shape index (κ2) is 9.93. The summed E-state index contributed by atoms with van der Waals surface area (Å²) in [6.07, 6.45) is 4.46. The van der Waals surface area contributed by atoms with Gasteiger partial charge in [-0.3, -0.25) is 4.79 Å². The second-order valence-electron chi connectivity index (χ2n) is 8.88. The standard InChI is InChI=1S/C27H26FN3O4/c1-16-29-26(31-35-16)19-8-5-17(6-9-19)13-18-7-10-21(25-20(14-18)3-2-4-22(25)28)27(33)30-23-11-12-34-15-24(23)32/h2-10,23-24,32H,11-15H2,1H3,(H,30,33). The van der Waals surface area contributed by atoms with Crippen LogP contribution in [0.4, 0.5) is 4.39 Å². The number of allylic oxidation sites excluding steroid dienone is 3. The summed E-state index contributed by atoms with van der Waals surface area (Å²) in [5.74, 6) is 0.210. The van der Waals surface area contributed by atoms with Crippen molar-refractivity contribution in [1.29, 1.82) is 0 Å². The number of amides is 1. The van der Waals surface area contributed by atoms with E-state index in [-0.39, 0.29) is 12.2 Å². The van der Waals surface area contributed by atoms with Crippen molar-refractivity contribution in [3.8, 4) is 11.4 Å². The molecule has 7 nitrogen and oxygen atoms in total. The maximum absolute atomic E-state index is 14.9. The molecule has 2 aliphatic rings. The molecule has 1 fully saturated rings. The normalized spacial score (nSPS) is 19.9. The summed E-state index contributed by atoms with van der Waals surface area (Å²) in [5.41, 5.74) is 4.30. The molecule has 0 bridgehead atoms. The molecule has 2 N–H and O–H groups in total. The smallest absolute Gasteiger partial charge is 0.252 e. The fourth-order valence-corrected chi connectivity index (χ4v) is 4.50. The average molecular weight is 476 g/mol. The highest BCUT2D eigenvalue weighted by molar-refractivity contribution is 6.20. The minimum Gasteiger partial charge on any atom is -0.389 e. The minimum absolute atomic E-state index is 0.171. The molecule has 180 valence electrons. The van der Waals surface area contributed by atoms with Crippen molar-refractivity contribution in [2.24, 2.45) is 0 Å². The molecular formula is C27H26FN3O4. The van der Waals surface area contributed by atoms with E-state index < -0.39 is 23.9 Å². The van der Waals surface area contributed by atoms with Gasteiger partial charge < -0.3 is 19.7 Å². The lowest BCUT2D eigenvalue weighted by molar-refractivity contribution is -0.118. The number of aryl methyl sites for hydroxylation is 1. The third kappa shape index (κ3) is 5.08. The molecule has 0 saturated carbocycles. The summed E-state index contributed by atoms with van der Waals surface area (Å²) in [6, 6.07) is 12.3. The Morgan fingerprint density at radius 1 is 1.20 bits per heavy atom. The van der Waals surface area contributed by atoms with E-state index >= 15 is 0 Å². The van der Waals surface area contributed by atoms with E-state index in [1.54, 1.807) is 19.1 Å². The highest BCUT2D eigenvalue weighted by Gasteiger charge is 2.28. The van der Waals surface area contributed by atoms with Crippen LogP contribution in [0.5, 0.6) is 0 Å². The Hall–Kier alpha value is -3.62. The molecule has 2 heterocycles. The van der Waals surface area contributed by atoms with Gasteiger partial charge in [0.05, 0.1) is 18.8 Å². The number of halogens is 1. The van der Waals surface area contributed by atoms with Crippen molar-refractivity contribution in [3.05, 3.63) is 88.6 Å². The summed E-state index contributed by atoms with van der Waals surface area (Å²) in [5, 5.41) is 17.0. The molecule has 1 aliphatic carbocycles. The number of carbonyl (C=O) groups is 1. The molecule has 2 aromatic carbocycles. The van der Waals surface area contributed by atoms with Crippen molar-refractivity contribution in [1.82, 2.24) is 15.5 Å². The van der Waals surface area contributed by atoms with Crippen LogP contribution in [0.3, 0.4) is 0 Å². The number of aliphatic hydroxyl groups is 1. The summed E-state index contributed by atoms with van der Waals surface area (Å²) < 4.78 is 25.2. The van der Waals surface area contributed by atoms with E-state index in [1.807, 2.05) is 36.4 Å². The lowest BCUT2D eigenvalue weighted by Gasteiger charge is -2.28. The van der Waals surface area contributed by atoms with E-state index in [2.05, 4.69) is 15.5 Å². The van der Waals surface area contributed by atoms with Gasteiger partial charge in [-0.15, -0.1) is 0 Å². The van der Waals surface area contributed by atoms with E-state index in [0.717, 1.165) is 22.3 Å². The minimum atomic E-state index is -0.787. The topological polar surface area (TPSA) is 97.5 Å². The number of nitrogens with one attached hydrogen (secondary N) is 1. The maximum Gasteiger partial charge on any atom is 0.252 e. The third-order valence-electron chi connectivity index (χ3n) is 6.33. The molecule has 0 spiro atoms. The van der Waals surface area contributed by atoms with Crippen LogP contribution in [0, 0.1) is 12.7 Å². The number of benzene rings is 2. The second-order valence-corrected chi connectivity index (χ2v) is 8.88. The summed E-state index contributed by atoms with van der Waals surface area (Å²) in [4.78, 5) is 17.4. The van der Waals surface area contributed by atoms with Gasteiger partial charge in [-0.05, 0) is 42.5 Å². The van der Waals surface area contributed by atoms with Crippen molar-refractivity contribution in [2.75, 3.05) is 13.2 Å². The van der Waals surface area contributed by atoms with Gasteiger partial charge in [0, 0.05) is 30.2 Å². The van der Waals surface area contributed by atoms with Crippen LogP contribution in [0.15, 0.2) is 64.7 Å². The molecule has 2 unspecified atom stereocenters. The van der Waals surface area contributed by atoms with E-state index in [9.17, 15) is 14.3 Å². The Labute approximate surface area is 202 Å². The van der Waals surface area contributed by atoms with Crippen molar-refractivity contribution in [3.63, 3.8) is 0 Å². The Bertz CT molecular complexity index is 1300. The van der Waals surface area contributed by atoms with Gasteiger partial charge in [-0.1, -0.05) is 53.2 Å². The first-order chi connectivity index (χ1) is 17.0. The SMILES string of the molecule is Cc1nc(-c2ccc(CC3=CC=C(C(=O)NC4CCOCC4O)c4c(F)cccc4C3)cc2)no1. The zero-order valence-electron chi connectivity index (χ0n) is 19.3. The number of nitrogens with zero attached hydrogens (tertiary/aromatic N) is 2. The Kier molecular flexibility index (Phi) is 6.57. The van der Waals surface area contributed by atoms with Crippen molar-refractivity contribution in [2.45, 2.75) is 38.3 Å². The molecule has 8 heteroatoms. The molecule has 1 saturated heterocycles. The predicted octanol–water partition coefficient (Wildman–Crippen LogP) is 3.56. The van der Waals surface area contributed by atoms with Crippen LogP contribution >= 0.6 is 0 Å². The average Bonchev–Trinajstić information content (AvgIpc) is 3.19. The van der Waals surface area contributed by atoms with Gasteiger partial charge in [-0.2, -0.15) is 4.98 Å². The van der Waals surface area contributed by atoms with Gasteiger partial charge in [0.1, 0.15) is 5.82 Å². The molecule has 5 rings (SSSR count). The molecule has 1 aliphatic heterocycles. The number of rotatable bonds is 5. The van der Waals surface area contributed by atoms with Gasteiger partial charge in [0.2, 0.25) is 11.7 Å². The van der Waals surface area contributed by atoms with E-state index in [4.69, 9.17) is 9.26 Å². The zero-order chi connectivity index (χ0) is 24.4. The van der Waals surface area contributed by atoms with Gasteiger partial charge in [-0.25, -0.2) is 4.39 Å². The highest BCUT2D eigenvalue weighted by Crippen LogP contribution is 2.30. The lowest BCUT2D eigenvalue weighted by atomic mass is 9.94. The van der Waals surface area contributed by atoms with Gasteiger partial charge in [0.15, 0.2) is 0 Å². The summed E-state index contributed by atoms with van der Waals surface area (Å²) in [7, 11) is 0. The first-order valence-corrected chi connectivity index (χ1v) is 11.6. The molecule has 2 atom stereocenters. The first-order valence-electron chi connectivity index (χ1n) is 11.6. The summed E-state index contributed by atoms with van der Waals surface area (Å²) >= 11 is 0. The molecular weight excluding hydrogens is 449 g/mol. The fraction of sp³-hybridized carbons (Fsp3) is 0.296. The van der Waals surface area contributed by atoms with Crippen LogP contribution in [0.2, 0.25) is 0 Å². The predicted molar refractivity (Wildman–Crippen MR) is 128 cm³/mol. The molecule has 0 radical (unpaired) electrons. The Morgan fingerprint density at radius 3 is 2.77 bits per heavy atom. The molecule has 1 aromatic heterocycles. The quantitative estimate of drug-likeness (QED) is 0.586. The zero-order valence-corrected chi connectivity index (χ0v) is 19.3.